The monoisotopic (exact) mass is 238 g/mol. The highest BCUT2D eigenvalue weighted by molar-refractivity contribution is 5.92. The predicted octanol–water partition coefficient (Wildman–Crippen LogP) is 2.14. The third kappa shape index (κ3) is 4.90. The average molecular weight is 238 g/mol. The zero-order valence-electron chi connectivity index (χ0n) is 11.7. The molecule has 0 N–H and O–H groups in total. The molecule has 0 saturated heterocycles. The number of likely N-dealkylation sites (N-methyl/N-ethyl adjacent to an activating group) is 2. The Balaban J connectivity index is 2.64. The maximum Gasteiger partial charge on any atom is 0.160 e. The van der Waals surface area contributed by atoms with Gasteiger partial charge in [0.1, 0.15) is 0 Å². The second-order valence-corrected chi connectivity index (χ2v) is 5.51. The van der Waals surface area contributed by atoms with Gasteiger partial charge in [-0.25, -0.2) is 0 Å². The number of rotatable bonds is 5. The van der Waals surface area contributed by atoms with Crippen LogP contribution in [-0.4, -0.2) is 50.3 Å². The van der Waals surface area contributed by atoms with Crippen LogP contribution in [-0.2, 0) is 4.79 Å². The maximum absolute atomic E-state index is 12.2. The van der Waals surface area contributed by atoms with Crippen LogP contribution in [0.3, 0.4) is 0 Å². The summed E-state index contributed by atoms with van der Waals surface area (Å²) in [6.45, 7) is 0.825. The van der Waals surface area contributed by atoms with Crippen molar-refractivity contribution in [2.24, 2.45) is 5.92 Å². The summed E-state index contributed by atoms with van der Waals surface area (Å²) in [6.07, 6.45) is 7.75. The van der Waals surface area contributed by atoms with Crippen LogP contribution >= 0.6 is 0 Å². The molecule has 0 aliphatic heterocycles. The first kappa shape index (κ1) is 14.2. The summed E-state index contributed by atoms with van der Waals surface area (Å²) in [7, 11) is 8.07. The predicted molar refractivity (Wildman–Crippen MR) is 71.9 cm³/mol. The maximum atomic E-state index is 12.2. The van der Waals surface area contributed by atoms with E-state index in [1.807, 2.05) is 39.2 Å². The molecule has 1 aliphatic carbocycles. The first-order chi connectivity index (χ1) is 8.00. The fourth-order valence-electron chi connectivity index (χ4n) is 2.31. The number of carbonyl (C=O) groups excluding carboxylic acids is 1. The highest BCUT2D eigenvalue weighted by Crippen LogP contribution is 2.25. The van der Waals surface area contributed by atoms with Crippen LogP contribution in [0.15, 0.2) is 11.8 Å². The Morgan fingerprint density at radius 1 is 1.12 bits per heavy atom. The van der Waals surface area contributed by atoms with E-state index in [-0.39, 0.29) is 5.92 Å². The fourth-order valence-corrected chi connectivity index (χ4v) is 2.31. The number of ketones is 1. The molecule has 0 aromatic rings. The van der Waals surface area contributed by atoms with Crippen molar-refractivity contribution < 1.29 is 4.79 Å². The van der Waals surface area contributed by atoms with Crippen LogP contribution in [0.25, 0.3) is 0 Å². The van der Waals surface area contributed by atoms with Gasteiger partial charge < -0.3 is 9.80 Å². The van der Waals surface area contributed by atoms with E-state index < -0.39 is 0 Å². The highest BCUT2D eigenvalue weighted by Gasteiger charge is 2.20. The van der Waals surface area contributed by atoms with Gasteiger partial charge in [0.05, 0.1) is 0 Å². The summed E-state index contributed by atoms with van der Waals surface area (Å²) >= 11 is 0. The van der Waals surface area contributed by atoms with Gasteiger partial charge >= 0.3 is 0 Å². The molecular weight excluding hydrogens is 212 g/mol. The van der Waals surface area contributed by atoms with E-state index in [1.54, 1.807) is 0 Å². The first-order valence-corrected chi connectivity index (χ1v) is 6.57. The Kier molecular flexibility index (Phi) is 5.69. The van der Waals surface area contributed by atoms with Crippen molar-refractivity contribution in [3.8, 4) is 0 Å². The van der Waals surface area contributed by atoms with Gasteiger partial charge in [-0.15, -0.1) is 0 Å². The molecule has 0 heterocycles. The summed E-state index contributed by atoms with van der Waals surface area (Å²) < 4.78 is 0. The average Bonchev–Trinajstić information content (AvgIpc) is 2.28. The van der Waals surface area contributed by atoms with E-state index in [9.17, 15) is 4.79 Å². The number of hydrogen-bond donors (Lipinski definition) is 0. The largest absolute Gasteiger partial charge is 0.380 e. The molecule has 0 radical (unpaired) electrons. The molecule has 1 saturated carbocycles. The third-order valence-electron chi connectivity index (χ3n) is 3.37. The van der Waals surface area contributed by atoms with Gasteiger partial charge in [-0.2, -0.15) is 0 Å². The second-order valence-electron chi connectivity index (χ2n) is 5.51. The molecule has 3 heteroatoms. The molecule has 0 bridgehead atoms. The van der Waals surface area contributed by atoms with E-state index in [0.29, 0.717) is 5.78 Å². The summed E-state index contributed by atoms with van der Waals surface area (Å²) in [5, 5.41) is 0. The molecular formula is C14H26N2O. The van der Waals surface area contributed by atoms with Gasteiger partial charge in [-0.1, -0.05) is 19.3 Å². The standard InChI is InChI=1S/C14H26N2O/c1-15(2)11-13(16(3)4)10-14(17)12-8-6-5-7-9-12/h10,12H,5-9,11H2,1-4H3/b13-10+. The van der Waals surface area contributed by atoms with Crippen molar-refractivity contribution in [2.75, 3.05) is 34.7 Å². The van der Waals surface area contributed by atoms with E-state index in [4.69, 9.17) is 0 Å². The van der Waals surface area contributed by atoms with Crippen LogP contribution in [0.1, 0.15) is 32.1 Å². The number of allylic oxidation sites excluding steroid dienone is 1. The third-order valence-corrected chi connectivity index (χ3v) is 3.37. The van der Waals surface area contributed by atoms with Crippen molar-refractivity contribution in [1.82, 2.24) is 9.80 Å². The molecule has 1 aliphatic rings. The molecule has 3 nitrogen and oxygen atoms in total. The number of carbonyl (C=O) groups is 1. The fraction of sp³-hybridized carbons (Fsp3) is 0.786. The van der Waals surface area contributed by atoms with Crippen molar-refractivity contribution in [1.29, 1.82) is 0 Å². The zero-order valence-corrected chi connectivity index (χ0v) is 11.7. The Morgan fingerprint density at radius 3 is 2.18 bits per heavy atom. The van der Waals surface area contributed by atoms with Crippen molar-refractivity contribution in [3.05, 3.63) is 11.8 Å². The van der Waals surface area contributed by atoms with Crippen LogP contribution in [0, 0.1) is 5.92 Å². The number of nitrogens with zero attached hydrogens (tertiary/aromatic N) is 2. The molecule has 0 aromatic heterocycles. The smallest absolute Gasteiger partial charge is 0.160 e. The molecule has 0 aromatic carbocycles. The van der Waals surface area contributed by atoms with E-state index in [2.05, 4.69) is 4.90 Å². The SMILES string of the molecule is CN(C)C/C(=C\C(=O)C1CCCCC1)N(C)C. The van der Waals surface area contributed by atoms with Crippen molar-refractivity contribution >= 4 is 5.78 Å². The van der Waals surface area contributed by atoms with Gasteiger partial charge in [0.15, 0.2) is 5.78 Å². The highest BCUT2D eigenvalue weighted by atomic mass is 16.1. The molecule has 0 unspecified atom stereocenters. The summed E-state index contributed by atoms with van der Waals surface area (Å²) in [6, 6.07) is 0. The van der Waals surface area contributed by atoms with E-state index >= 15 is 0 Å². The van der Waals surface area contributed by atoms with Crippen LogP contribution < -0.4 is 0 Å². The summed E-state index contributed by atoms with van der Waals surface area (Å²) in [5.41, 5.74) is 1.10. The summed E-state index contributed by atoms with van der Waals surface area (Å²) in [5.74, 6) is 0.608. The van der Waals surface area contributed by atoms with E-state index in [1.165, 1.54) is 19.3 Å². The van der Waals surface area contributed by atoms with Gasteiger partial charge in [0, 0.05) is 38.3 Å². The van der Waals surface area contributed by atoms with Crippen molar-refractivity contribution in [2.45, 2.75) is 32.1 Å². The van der Waals surface area contributed by atoms with E-state index in [0.717, 1.165) is 25.1 Å². The second kappa shape index (κ2) is 6.80. The molecule has 17 heavy (non-hydrogen) atoms. The Hall–Kier alpha value is -0.830. The molecule has 1 rings (SSSR count). The lowest BCUT2D eigenvalue weighted by Crippen LogP contribution is -2.26. The Bertz CT molecular complexity index is 276. The lowest BCUT2D eigenvalue weighted by atomic mass is 9.86. The van der Waals surface area contributed by atoms with Crippen molar-refractivity contribution in [3.63, 3.8) is 0 Å². The van der Waals surface area contributed by atoms with Gasteiger partial charge in [-0.05, 0) is 26.9 Å². The topological polar surface area (TPSA) is 23.6 Å². The lowest BCUT2D eigenvalue weighted by Gasteiger charge is -2.23. The molecule has 1 fully saturated rings. The first-order valence-electron chi connectivity index (χ1n) is 6.57. The van der Waals surface area contributed by atoms with Crippen LogP contribution in [0.5, 0.6) is 0 Å². The zero-order chi connectivity index (χ0) is 12.8. The number of hydrogen-bond acceptors (Lipinski definition) is 3. The Morgan fingerprint density at radius 2 is 1.71 bits per heavy atom. The summed E-state index contributed by atoms with van der Waals surface area (Å²) in [4.78, 5) is 16.3. The van der Waals surface area contributed by atoms with Gasteiger partial charge in [0.2, 0.25) is 0 Å². The normalized spacial score (nSPS) is 18.5. The minimum atomic E-state index is 0.279. The molecule has 98 valence electrons. The molecule has 0 atom stereocenters. The molecule has 0 spiro atoms. The minimum Gasteiger partial charge on any atom is -0.380 e. The Labute approximate surface area is 105 Å². The quantitative estimate of drug-likeness (QED) is 0.686. The lowest BCUT2D eigenvalue weighted by molar-refractivity contribution is -0.119. The molecule has 0 amide bonds. The van der Waals surface area contributed by atoms with Crippen LogP contribution in [0.2, 0.25) is 0 Å². The minimum absolute atomic E-state index is 0.279. The van der Waals surface area contributed by atoms with Gasteiger partial charge in [-0.3, -0.25) is 4.79 Å². The van der Waals surface area contributed by atoms with Crippen LogP contribution in [0.4, 0.5) is 0 Å². The van der Waals surface area contributed by atoms with Gasteiger partial charge in [0.25, 0.3) is 0 Å².